The largest absolute Gasteiger partial charge is 0.300 e. The Bertz CT molecular complexity index is 289. The lowest BCUT2D eigenvalue weighted by molar-refractivity contribution is -0.120. The minimum atomic E-state index is 0.284. The highest BCUT2D eigenvalue weighted by atomic mass is 16.1. The van der Waals surface area contributed by atoms with Crippen LogP contribution in [-0.4, -0.2) is 5.78 Å². The fourth-order valence-electron chi connectivity index (χ4n) is 3.94. The molecule has 2 saturated carbocycles. The molecule has 0 spiro atoms. The Labute approximate surface area is 181 Å². The fourth-order valence-corrected chi connectivity index (χ4v) is 3.94. The summed E-state index contributed by atoms with van der Waals surface area (Å²) in [5, 5.41) is 0. The molecular formula is C27H60O. The lowest BCUT2D eigenvalue weighted by Crippen LogP contribution is -2.16. The molecule has 0 amide bonds. The molecule has 0 N–H and O–H groups in total. The second kappa shape index (κ2) is 24.7. The maximum absolute atomic E-state index is 11.4. The number of ketones is 1. The lowest BCUT2D eigenvalue weighted by Gasteiger charge is -2.21. The Kier molecular flexibility index (Phi) is 31.0. The van der Waals surface area contributed by atoms with Crippen molar-refractivity contribution in [1.82, 2.24) is 0 Å². The first-order valence-corrected chi connectivity index (χ1v) is 13.0. The Balaban J connectivity index is -0.000000203. The van der Waals surface area contributed by atoms with Crippen molar-refractivity contribution in [2.75, 3.05) is 0 Å². The van der Waals surface area contributed by atoms with Crippen molar-refractivity contribution >= 4 is 5.78 Å². The van der Waals surface area contributed by atoms with Crippen LogP contribution in [0.5, 0.6) is 0 Å². The molecule has 0 radical (unpaired) electrons. The smallest absolute Gasteiger partial charge is 0.132 e. The van der Waals surface area contributed by atoms with Crippen LogP contribution in [0.3, 0.4) is 0 Å². The van der Waals surface area contributed by atoms with Crippen molar-refractivity contribution in [1.29, 1.82) is 0 Å². The highest BCUT2D eigenvalue weighted by Gasteiger charge is 2.56. The molecule has 0 heterocycles. The predicted molar refractivity (Wildman–Crippen MR) is 133 cm³/mol. The van der Waals surface area contributed by atoms with Gasteiger partial charge >= 0.3 is 0 Å². The average molecular weight is 401 g/mol. The third-order valence-corrected chi connectivity index (χ3v) is 5.83. The van der Waals surface area contributed by atoms with Gasteiger partial charge in [-0.1, -0.05) is 128 Å². The molecule has 0 bridgehead atoms. The van der Waals surface area contributed by atoms with Gasteiger partial charge in [0.15, 0.2) is 0 Å². The molecule has 2 aliphatic rings. The number of hydrogen-bond donors (Lipinski definition) is 0. The summed E-state index contributed by atoms with van der Waals surface area (Å²) in [5.41, 5.74) is 0.556. The van der Waals surface area contributed by atoms with Gasteiger partial charge in [-0.15, -0.1) is 0 Å². The third kappa shape index (κ3) is 14.6. The minimum absolute atomic E-state index is 0.284. The van der Waals surface area contributed by atoms with E-state index < -0.39 is 0 Å². The molecule has 2 rings (SSSR count). The number of carbonyl (C=O) groups is 1. The van der Waals surface area contributed by atoms with Crippen LogP contribution in [0.25, 0.3) is 0 Å². The number of carbonyl (C=O) groups excluding carboxylic acids is 1. The second-order valence-corrected chi connectivity index (χ2v) is 7.29. The molecular weight excluding hydrogens is 340 g/mol. The van der Waals surface area contributed by atoms with Gasteiger partial charge in [-0.3, -0.25) is 4.79 Å². The predicted octanol–water partition coefficient (Wildman–Crippen LogP) is 10.1. The van der Waals surface area contributed by atoms with Crippen LogP contribution in [0.4, 0.5) is 0 Å². The van der Waals surface area contributed by atoms with E-state index in [1.807, 2.05) is 55.4 Å². The van der Waals surface area contributed by atoms with E-state index in [4.69, 9.17) is 0 Å². The van der Waals surface area contributed by atoms with Gasteiger partial charge in [0.1, 0.15) is 5.78 Å². The van der Waals surface area contributed by atoms with Crippen LogP contribution < -0.4 is 0 Å². The van der Waals surface area contributed by atoms with Crippen LogP contribution in [0.15, 0.2) is 0 Å². The summed E-state index contributed by atoms with van der Waals surface area (Å²) in [7, 11) is 0. The summed E-state index contributed by atoms with van der Waals surface area (Å²) in [6.45, 7) is 26.5. The van der Waals surface area contributed by atoms with E-state index in [1.165, 1.54) is 51.4 Å². The Morgan fingerprint density at radius 1 is 0.857 bits per heavy atom. The molecule has 0 aliphatic heterocycles. The van der Waals surface area contributed by atoms with Crippen LogP contribution in [0.2, 0.25) is 0 Å². The Morgan fingerprint density at radius 3 is 1.54 bits per heavy atom. The number of Topliss-reactive ketones (excluding diaryl/α,β-unsaturated/α-hetero) is 1. The highest BCUT2D eigenvalue weighted by molar-refractivity contribution is 5.77. The van der Waals surface area contributed by atoms with Crippen LogP contribution in [0.1, 0.15) is 148 Å². The van der Waals surface area contributed by atoms with E-state index in [0.717, 1.165) is 18.3 Å². The van der Waals surface area contributed by atoms with E-state index in [9.17, 15) is 4.79 Å². The van der Waals surface area contributed by atoms with Gasteiger partial charge in [-0.2, -0.15) is 0 Å². The zero-order valence-corrected chi connectivity index (χ0v) is 22.5. The lowest BCUT2D eigenvalue weighted by atomic mass is 9.83. The van der Waals surface area contributed by atoms with Crippen LogP contribution in [0, 0.1) is 23.2 Å². The summed E-state index contributed by atoms with van der Waals surface area (Å²) in [5.74, 6) is 2.62. The minimum Gasteiger partial charge on any atom is -0.300 e. The van der Waals surface area contributed by atoms with Crippen molar-refractivity contribution in [3.8, 4) is 0 Å². The van der Waals surface area contributed by atoms with Crippen molar-refractivity contribution in [3.05, 3.63) is 0 Å². The molecule has 0 aromatic rings. The fraction of sp³-hybridized carbons (Fsp3) is 0.963. The van der Waals surface area contributed by atoms with Gasteiger partial charge in [0.2, 0.25) is 0 Å². The van der Waals surface area contributed by atoms with Crippen molar-refractivity contribution in [2.24, 2.45) is 23.2 Å². The van der Waals surface area contributed by atoms with Gasteiger partial charge in [0.05, 0.1) is 0 Å². The summed E-state index contributed by atoms with van der Waals surface area (Å²) in [6, 6.07) is 0. The molecule has 2 aliphatic carbocycles. The van der Waals surface area contributed by atoms with Gasteiger partial charge in [-0.05, 0) is 37.0 Å². The van der Waals surface area contributed by atoms with E-state index in [-0.39, 0.29) is 5.92 Å². The average Bonchev–Trinajstić information content (AvgIpc) is 3.21. The molecule has 2 unspecified atom stereocenters. The Hall–Kier alpha value is -0.330. The van der Waals surface area contributed by atoms with Gasteiger partial charge in [0.25, 0.3) is 0 Å². The van der Waals surface area contributed by atoms with Crippen molar-refractivity contribution in [3.63, 3.8) is 0 Å². The molecule has 1 heteroatoms. The molecule has 174 valence electrons. The number of hydrogen-bond acceptors (Lipinski definition) is 1. The first-order chi connectivity index (χ1) is 13.5. The molecule has 0 aromatic carbocycles. The van der Waals surface area contributed by atoms with Crippen molar-refractivity contribution < 1.29 is 4.79 Å². The highest BCUT2D eigenvalue weighted by Crippen LogP contribution is 2.64. The van der Waals surface area contributed by atoms with Crippen molar-refractivity contribution in [2.45, 2.75) is 148 Å². The first-order valence-electron chi connectivity index (χ1n) is 13.0. The molecule has 3 atom stereocenters. The number of rotatable bonds is 6. The van der Waals surface area contributed by atoms with E-state index in [0.29, 0.717) is 11.2 Å². The van der Waals surface area contributed by atoms with Crippen LogP contribution in [-0.2, 0) is 4.79 Å². The zero-order valence-electron chi connectivity index (χ0n) is 22.5. The van der Waals surface area contributed by atoms with Gasteiger partial charge in [-0.25, -0.2) is 0 Å². The van der Waals surface area contributed by atoms with Crippen LogP contribution >= 0.6 is 0 Å². The Morgan fingerprint density at radius 2 is 1.25 bits per heavy atom. The molecule has 0 aromatic heterocycles. The maximum atomic E-state index is 11.4. The maximum Gasteiger partial charge on any atom is 0.132 e. The normalized spacial score (nSPS) is 22.7. The summed E-state index contributed by atoms with van der Waals surface area (Å²) >= 11 is 0. The van der Waals surface area contributed by atoms with Gasteiger partial charge in [0, 0.05) is 5.92 Å². The molecule has 2 fully saturated rings. The molecule has 0 saturated heterocycles. The first kappa shape index (κ1) is 35.1. The van der Waals surface area contributed by atoms with E-state index in [1.54, 1.807) is 6.92 Å². The summed E-state index contributed by atoms with van der Waals surface area (Å²) in [6.07, 6.45) is 12.3. The topological polar surface area (TPSA) is 17.1 Å². The summed E-state index contributed by atoms with van der Waals surface area (Å²) < 4.78 is 0. The SMILES string of the molecule is CC.CC.CC.CC.CCC1(CC(C)C(C)=O)C[C@@H]1C1CCCC1.CCCC. The molecule has 28 heavy (non-hydrogen) atoms. The molecule has 1 nitrogen and oxygen atoms in total. The monoisotopic (exact) mass is 400 g/mol. The zero-order chi connectivity index (χ0) is 23.2. The number of unbranched alkanes of at least 4 members (excludes halogenated alkanes) is 1. The third-order valence-electron chi connectivity index (χ3n) is 5.83. The standard InChI is InChI=1S/C15H26O.C4H10.4C2H6/c1-4-15(9-11(2)12(3)16)10-14(15)13-7-5-6-8-13;1-3-4-2;4*1-2/h11,13-14H,4-10H2,1-3H3;3-4H2,1-2H3;4*1-2H3/t11?,14-,15?;;;;;/m1...../s1. The van der Waals surface area contributed by atoms with Gasteiger partial charge < -0.3 is 0 Å². The van der Waals surface area contributed by atoms with E-state index >= 15 is 0 Å². The second-order valence-electron chi connectivity index (χ2n) is 7.29. The van der Waals surface area contributed by atoms with E-state index in [2.05, 4.69) is 27.7 Å². The quantitative estimate of drug-likeness (QED) is 0.433. The summed E-state index contributed by atoms with van der Waals surface area (Å²) in [4.78, 5) is 11.4.